The average Bonchev–Trinajstić information content (AvgIpc) is 2.78. The van der Waals surface area contributed by atoms with Gasteiger partial charge in [-0.3, -0.25) is 14.5 Å². The van der Waals surface area contributed by atoms with Crippen LogP contribution in [-0.4, -0.2) is 59.5 Å². The third-order valence-electron chi connectivity index (χ3n) is 8.61. The van der Waals surface area contributed by atoms with Crippen molar-refractivity contribution in [1.82, 2.24) is 15.1 Å². The van der Waals surface area contributed by atoms with E-state index in [1.54, 1.807) is 0 Å². The Labute approximate surface area is 178 Å². The van der Waals surface area contributed by atoms with Gasteiger partial charge in [-0.25, -0.2) is 0 Å². The van der Waals surface area contributed by atoms with E-state index >= 15 is 0 Å². The fraction of sp³-hybridized carbons (Fsp3) is 0.667. The zero-order chi connectivity index (χ0) is 20.3. The van der Waals surface area contributed by atoms with E-state index in [4.69, 9.17) is 0 Å². The van der Waals surface area contributed by atoms with Gasteiger partial charge in [0.25, 0.3) is 5.91 Å². The van der Waals surface area contributed by atoms with Crippen molar-refractivity contribution in [2.24, 2.45) is 17.8 Å². The summed E-state index contributed by atoms with van der Waals surface area (Å²) in [4.78, 5) is 31.1. The molecule has 2 bridgehead atoms. The molecule has 6 heteroatoms. The molecule has 3 aliphatic carbocycles. The summed E-state index contributed by atoms with van der Waals surface area (Å²) in [6.45, 7) is 4.04. The lowest BCUT2D eigenvalue weighted by Gasteiger charge is -2.57. The van der Waals surface area contributed by atoms with Gasteiger partial charge in [-0.05, 0) is 63.1 Å². The Hall–Kier alpha value is -2.08. The molecule has 1 aromatic carbocycles. The standard InChI is InChI=1S/C24H32N4O2/c29-22-19-6-1-2-7-21(19)25-24(26-22)14-16-8-9-17(24)13-20(16)23(30)28-12-11-27-10-4-3-5-18(27)15-28/h1-2,6-7,16-18,20,25H,3-5,8-15H2,(H,26,29)/t16?,17?,18?,20?,24-/m1/s1. The highest BCUT2D eigenvalue weighted by atomic mass is 16.2. The summed E-state index contributed by atoms with van der Waals surface area (Å²) in [7, 11) is 0. The molecule has 160 valence electrons. The third-order valence-corrected chi connectivity index (χ3v) is 8.61. The van der Waals surface area contributed by atoms with Crippen LogP contribution in [0.3, 0.4) is 0 Å². The maximum absolute atomic E-state index is 13.6. The van der Waals surface area contributed by atoms with E-state index < -0.39 is 0 Å². The SMILES string of the molecule is O=C1N[C@@]2(CC3CCC2CC3C(=O)N2CCN3CCCCC3C2)Nc2ccccc21. The molecule has 1 spiro atoms. The fourth-order valence-electron chi connectivity index (χ4n) is 7.04. The van der Waals surface area contributed by atoms with Crippen molar-refractivity contribution in [3.05, 3.63) is 29.8 Å². The number of fused-ring (bicyclic) bond motifs is 4. The van der Waals surface area contributed by atoms with Crippen LogP contribution in [0.4, 0.5) is 5.69 Å². The first-order valence-electron chi connectivity index (χ1n) is 11.9. The number of benzene rings is 1. The average molecular weight is 409 g/mol. The van der Waals surface area contributed by atoms with E-state index in [2.05, 4.69) is 20.4 Å². The summed E-state index contributed by atoms with van der Waals surface area (Å²) in [6.07, 6.45) is 7.78. The largest absolute Gasteiger partial charge is 0.362 e. The molecule has 3 aliphatic heterocycles. The van der Waals surface area contributed by atoms with Crippen LogP contribution in [0, 0.1) is 17.8 Å². The molecule has 4 unspecified atom stereocenters. The molecule has 5 atom stereocenters. The Balaban J connectivity index is 1.19. The topological polar surface area (TPSA) is 64.7 Å². The quantitative estimate of drug-likeness (QED) is 0.750. The molecule has 1 aromatic rings. The van der Waals surface area contributed by atoms with Crippen LogP contribution in [0.15, 0.2) is 24.3 Å². The van der Waals surface area contributed by atoms with Gasteiger partial charge in [-0.2, -0.15) is 0 Å². The summed E-state index contributed by atoms with van der Waals surface area (Å²) in [5.41, 5.74) is 1.28. The van der Waals surface area contributed by atoms with Crippen LogP contribution < -0.4 is 10.6 Å². The molecule has 3 saturated carbocycles. The van der Waals surface area contributed by atoms with Gasteiger partial charge in [0.15, 0.2) is 0 Å². The molecule has 3 heterocycles. The van der Waals surface area contributed by atoms with Gasteiger partial charge in [0.1, 0.15) is 5.66 Å². The van der Waals surface area contributed by atoms with Gasteiger partial charge in [-0.1, -0.05) is 18.6 Å². The van der Waals surface area contributed by atoms with E-state index in [1.807, 2.05) is 24.3 Å². The van der Waals surface area contributed by atoms with Gasteiger partial charge in [0, 0.05) is 43.2 Å². The van der Waals surface area contributed by atoms with E-state index in [9.17, 15) is 9.59 Å². The van der Waals surface area contributed by atoms with Gasteiger partial charge in [-0.15, -0.1) is 0 Å². The normalized spacial score (nSPS) is 37.9. The van der Waals surface area contributed by atoms with Crippen molar-refractivity contribution < 1.29 is 9.59 Å². The number of amides is 2. The number of rotatable bonds is 1. The first-order chi connectivity index (χ1) is 14.6. The molecule has 5 fully saturated rings. The molecular weight excluding hydrogens is 376 g/mol. The van der Waals surface area contributed by atoms with Crippen molar-refractivity contribution >= 4 is 17.5 Å². The Morgan fingerprint density at radius 1 is 1.03 bits per heavy atom. The van der Waals surface area contributed by atoms with Gasteiger partial charge in [0.05, 0.1) is 5.56 Å². The van der Waals surface area contributed by atoms with Crippen molar-refractivity contribution in [2.45, 2.75) is 56.7 Å². The predicted octanol–water partition coefficient (Wildman–Crippen LogP) is 2.67. The zero-order valence-corrected chi connectivity index (χ0v) is 17.6. The van der Waals surface area contributed by atoms with Crippen LogP contribution in [0.25, 0.3) is 0 Å². The Kier molecular flexibility index (Phi) is 4.34. The molecule has 2 N–H and O–H groups in total. The predicted molar refractivity (Wildman–Crippen MR) is 115 cm³/mol. The minimum absolute atomic E-state index is 0.0215. The number of hydrogen-bond acceptors (Lipinski definition) is 4. The monoisotopic (exact) mass is 408 g/mol. The van der Waals surface area contributed by atoms with Crippen LogP contribution >= 0.6 is 0 Å². The minimum Gasteiger partial charge on any atom is -0.362 e. The summed E-state index contributed by atoms with van der Waals surface area (Å²) < 4.78 is 0. The lowest BCUT2D eigenvalue weighted by atomic mass is 9.58. The van der Waals surface area contributed by atoms with E-state index in [-0.39, 0.29) is 17.5 Å². The second-order valence-corrected chi connectivity index (χ2v) is 10.1. The first kappa shape index (κ1) is 18.7. The van der Waals surface area contributed by atoms with Crippen LogP contribution in [0.1, 0.15) is 55.3 Å². The molecule has 7 rings (SSSR count). The van der Waals surface area contributed by atoms with E-state index in [1.165, 1.54) is 25.8 Å². The second kappa shape index (κ2) is 6.98. The van der Waals surface area contributed by atoms with Crippen LogP contribution in [-0.2, 0) is 4.79 Å². The molecule has 6 nitrogen and oxygen atoms in total. The van der Waals surface area contributed by atoms with Gasteiger partial charge < -0.3 is 15.5 Å². The first-order valence-corrected chi connectivity index (χ1v) is 11.9. The highest BCUT2D eigenvalue weighted by Crippen LogP contribution is 2.52. The lowest BCUT2D eigenvalue weighted by molar-refractivity contribution is -0.146. The molecular formula is C24H32N4O2. The third kappa shape index (κ3) is 2.87. The summed E-state index contributed by atoms with van der Waals surface area (Å²) in [6, 6.07) is 8.34. The number of carbonyl (C=O) groups is 2. The highest BCUT2D eigenvalue weighted by Gasteiger charge is 2.56. The van der Waals surface area contributed by atoms with Crippen LogP contribution in [0.2, 0.25) is 0 Å². The minimum atomic E-state index is -0.382. The molecule has 6 aliphatic rings. The van der Waals surface area contributed by atoms with Crippen molar-refractivity contribution in [3.63, 3.8) is 0 Å². The number of piperazine rings is 1. The van der Waals surface area contributed by atoms with Crippen molar-refractivity contribution in [2.75, 3.05) is 31.5 Å². The number of carbonyl (C=O) groups excluding carboxylic acids is 2. The number of nitrogens with one attached hydrogen (secondary N) is 2. The summed E-state index contributed by atoms with van der Waals surface area (Å²) >= 11 is 0. The van der Waals surface area contributed by atoms with Crippen molar-refractivity contribution in [3.8, 4) is 0 Å². The number of piperidine rings is 1. The lowest BCUT2D eigenvalue weighted by Crippen LogP contribution is -2.68. The molecule has 2 saturated heterocycles. The maximum Gasteiger partial charge on any atom is 0.255 e. The van der Waals surface area contributed by atoms with Gasteiger partial charge >= 0.3 is 0 Å². The molecule has 0 radical (unpaired) electrons. The number of nitrogens with zero attached hydrogens (tertiary/aromatic N) is 2. The van der Waals surface area contributed by atoms with E-state index in [0.717, 1.165) is 56.6 Å². The van der Waals surface area contributed by atoms with Crippen molar-refractivity contribution in [1.29, 1.82) is 0 Å². The Morgan fingerprint density at radius 3 is 2.80 bits per heavy atom. The molecule has 0 aromatic heterocycles. The number of anilines is 1. The van der Waals surface area contributed by atoms with Gasteiger partial charge in [0.2, 0.25) is 5.91 Å². The number of hydrogen-bond donors (Lipinski definition) is 2. The summed E-state index contributed by atoms with van der Waals surface area (Å²) in [5, 5.41) is 7.00. The fourth-order valence-corrected chi connectivity index (χ4v) is 7.04. The Bertz CT molecular complexity index is 873. The Morgan fingerprint density at radius 2 is 1.93 bits per heavy atom. The van der Waals surface area contributed by atoms with E-state index in [0.29, 0.717) is 23.8 Å². The molecule has 2 amide bonds. The molecule has 30 heavy (non-hydrogen) atoms. The maximum atomic E-state index is 13.6. The smallest absolute Gasteiger partial charge is 0.255 e. The highest BCUT2D eigenvalue weighted by molar-refractivity contribution is 6.02. The zero-order valence-electron chi connectivity index (χ0n) is 17.6. The summed E-state index contributed by atoms with van der Waals surface area (Å²) in [5.74, 6) is 1.19. The van der Waals surface area contributed by atoms with Crippen LogP contribution in [0.5, 0.6) is 0 Å². The second-order valence-electron chi connectivity index (χ2n) is 10.1. The number of para-hydroxylation sites is 1.